The summed E-state index contributed by atoms with van der Waals surface area (Å²) in [6.45, 7) is 10.1. The monoisotopic (exact) mass is 484 g/mol. The van der Waals surface area contributed by atoms with Gasteiger partial charge in [-0.2, -0.15) is 0 Å². The van der Waals surface area contributed by atoms with E-state index in [2.05, 4.69) is 50.8 Å². The highest BCUT2D eigenvalue weighted by atomic mass is 32.1. The third kappa shape index (κ3) is 7.05. The molecule has 7 nitrogen and oxygen atoms in total. The van der Waals surface area contributed by atoms with Crippen LogP contribution < -0.4 is 16.0 Å². The number of nitrogens with zero attached hydrogens (tertiary/aromatic N) is 3. The number of thiazole rings is 2. The Morgan fingerprint density at radius 3 is 2.45 bits per heavy atom. The molecule has 0 aliphatic rings. The lowest BCUT2D eigenvalue weighted by Gasteiger charge is -2.15. The Morgan fingerprint density at radius 1 is 1.09 bits per heavy atom. The largest absolute Gasteiger partial charge is 0.382 e. The molecule has 3 N–H and O–H groups in total. The summed E-state index contributed by atoms with van der Waals surface area (Å²) in [5.74, 6) is 0.736. The van der Waals surface area contributed by atoms with Crippen LogP contribution in [0.15, 0.2) is 36.0 Å². The van der Waals surface area contributed by atoms with Crippen molar-refractivity contribution >= 4 is 56.4 Å². The molecule has 0 aliphatic heterocycles. The molecule has 0 unspecified atom stereocenters. The quantitative estimate of drug-likeness (QED) is 0.274. The normalized spacial score (nSPS) is 10.2. The lowest BCUT2D eigenvalue weighted by Crippen LogP contribution is -2.11. The Bertz CT molecular complexity index is 1170. The van der Waals surface area contributed by atoms with Crippen molar-refractivity contribution in [2.75, 3.05) is 24.7 Å². The summed E-state index contributed by atoms with van der Waals surface area (Å²) in [6.07, 6.45) is 2.59. The minimum Gasteiger partial charge on any atom is -0.382 e. The first-order valence-corrected chi connectivity index (χ1v) is 12.5. The van der Waals surface area contributed by atoms with Crippen molar-refractivity contribution in [2.24, 2.45) is 0 Å². The number of aromatic nitrogens is 3. The van der Waals surface area contributed by atoms with Gasteiger partial charge in [0.15, 0.2) is 6.29 Å². The Balaban J connectivity index is 0.000000714. The van der Waals surface area contributed by atoms with Crippen LogP contribution in [0.2, 0.25) is 0 Å². The van der Waals surface area contributed by atoms with Gasteiger partial charge in [-0.3, -0.25) is 4.79 Å². The van der Waals surface area contributed by atoms with Crippen molar-refractivity contribution < 1.29 is 4.79 Å². The van der Waals surface area contributed by atoms with Gasteiger partial charge in [-0.15, -0.1) is 22.7 Å². The second-order valence-corrected chi connectivity index (χ2v) is 9.24. The van der Waals surface area contributed by atoms with Gasteiger partial charge < -0.3 is 16.0 Å². The number of hydrogen-bond acceptors (Lipinski definition) is 9. The summed E-state index contributed by atoms with van der Waals surface area (Å²) < 4.78 is 1.13. The van der Waals surface area contributed by atoms with Crippen molar-refractivity contribution in [3.8, 4) is 10.6 Å². The molecule has 0 spiro atoms. The molecule has 3 aromatic heterocycles. The van der Waals surface area contributed by atoms with Crippen molar-refractivity contribution in [2.45, 2.75) is 40.7 Å². The molecule has 33 heavy (non-hydrogen) atoms. The van der Waals surface area contributed by atoms with E-state index in [9.17, 15) is 4.79 Å². The highest BCUT2D eigenvalue weighted by Gasteiger charge is 2.15. The zero-order chi connectivity index (χ0) is 24.4. The maximum Gasteiger partial charge on any atom is 0.169 e. The molecule has 4 rings (SSSR count). The zero-order valence-electron chi connectivity index (χ0n) is 20.2. The lowest BCUT2D eigenvalue weighted by atomic mass is 10.2. The number of benzene rings is 1. The van der Waals surface area contributed by atoms with Gasteiger partial charge in [0, 0.05) is 34.6 Å². The first kappa shape index (κ1) is 26.4. The SMILES string of the molecule is CC.CNC.Cc1sc(-c2cnc(Nc3ccc4ncsc4c3)cc2NC(C)C)nc1C=O. The number of nitrogens with one attached hydrogen (secondary N) is 3. The molecule has 0 atom stereocenters. The summed E-state index contributed by atoms with van der Waals surface area (Å²) in [5.41, 5.74) is 6.09. The van der Waals surface area contributed by atoms with E-state index in [4.69, 9.17) is 0 Å². The summed E-state index contributed by atoms with van der Waals surface area (Å²) in [4.78, 5) is 25.4. The van der Waals surface area contributed by atoms with Crippen molar-refractivity contribution in [1.29, 1.82) is 0 Å². The van der Waals surface area contributed by atoms with E-state index < -0.39 is 0 Å². The van der Waals surface area contributed by atoms with Gasteiger partial charge in [0.2, 0.25) is 0 Å². The number of hydrogen-bond donors (Lipinski definition) is 3. The van der Waals surface area contributed by atoms with E-state index in [0.29, 0.717) is 5.69 Å². The molecule has 1 aromatic carbocycles. The van der Waals surface area contributed by atoms with Crippen molar-refractivity contribution in [3.63, 3.8) is 0 Å². The predicted molar refractivity (Wildman–Crippen MR) is 143 cm³/mol. The number of carbonyl (C=O) groups excluding carboxylic acids is 1. The number of aryl methyl sites for hydroxylation is 1. The molecule has 176 valence electrons. The van der Waals surface area contributed by atoms with Gasteiger partial charge in [-0.25, -0.2) is 15.0 Å². The fourth-order valence-electron chi connectivity index (χ4n) is 2.84. The summed E-state index contributed by atoms with van der Waals surface area (Å²) in [5, 5.41) is 10.4. The van der Waals surface area contributed by atoms with Gasteiger partial charge >= 0.3 is 0 Å². The van der Waals surface area contributed by atoms with Crippen LogP contribution in [0.3, 0.4) is 0 Å². The van der Waals surface area contributed by atoms with E-state index in [1.165, 1.54) is 11.3 Å². The summed E-state index contributed by atoms with van der Waals surface area (Å²) in [7, 11) is 3.75. The minimum atomic E-state index is 0.245. The van der Waals surface area contributed by atoms with E-state index in [1.54, 1.807) is 17.5 Å². The van der Waals surface area contributed by atoms with E-state index >= 15 is 0 Å². The first-order valence-electron chi connectivity index (χ1n) is 10.8. The Labute approximate surface area is 203 Å². The van der Waals surface area contributed by atoms with Crippen LogP contribution in [-0.2, 0) is 0 Å². The predicted octanol–water partition coefficient (Wildman–Crippen LogP) is 6.36. The number of pyridine rings is 1. The van der Waals surface area contributed by atoms with Crippen molar-refractivity contribution in [1.82, 2.24) is 20.3 Å². The number of anilines is 3. The molecule has 0 saturated heterocycles. The molecule has 3 heterocycles. The fraction of sp³-hybridized carbons (Fsp3) is 0.333. The van der Waals surface area contributed by atoms with Crippen LogP contribution in [0.1, 0.15) is 43.1 Å². The first-order chi connectivity index (χ1) is 15.9. The average molecular weight is 485 g/mol. The Kier molecular flexibility index (Phi) is 10.4. The van der Waals surface area contributed by atoms with Crippen LogP contribution in [0.5, 0.6) is 0 Å². The molecule has 9 heteroatoms. The van der Waals surface area contributed by atoms with E-state index in [1.807, 2.05) is 58.6 Å². The second kappa shape index (κ2) is 13.0. The maximum absolute atomic E-state index is 11.2. The van der Waals surface area contributed by atoms with Crippen molar-refractivity contribution in [3.05, 3.63) is 46.5 Å². The summed E-state index contributed by atoms with van der Waals surface area (Å²) in [6, 6.07) is 8.28. The average Bonchev–Trinajstić information content (AvgIpc) is 3.41. The third-order valence-electron chi connectivity index (χ3n) is 4.13. The highest BCUT2D eigenvalue weighted by molar-refractivity contribution is 7.16. The third-order valence-corrected chi connectivity index (χ3v) is 5.94. The maximum atomic E-state index is 11.2. The van der Waals surface area contributed by atoms with Gasteiger partial charge in [-0.05, 0) is 53.1 Å². The molecular weight excluding hydrogens is 452 g/mol. The van der Waals surface area contributed by atoms with Gasteiger partial charge in [0.1, 0.15) is 16.5 Å². The number of carbonyl (C=O) groups is 1. The van der Waals surface area contributed by atoms with Gasteiger partial charge in [0.25, 0.3) is 0 Å². The van der Waals surface area contributed by atoms with E-state index in [0.717, 1.165) is 49.1 Å². The van der Waals surface area contributed by atoms with Crippen LogP contribution >= 0.6 is 22.7 Å². The van der Waals surface area contributed by atoms with Crippen LogP contribution in [-0.4, -0.2) is 41.4 Å². The smallest absolute Gasteiger partial charge is 0.169 e. The molecule has 0 radical (unpaired) electrons. The number of fused-ring (bicyclic) bond motifs is 1. The van der Waals surface area contributed by atoms with Gasteiger partial charge in [-0.1, -0.05) is 13.8 Å². The Morgan fingerprint density at radius 2 is 1.82 bits per heavy atom. The number of aldehydes is 1. The highest BCUT2D eigenvalue weighted by Crippen LogP contribution is 2.34. The van der Waals surface area contributed by atoms with Gasteiger partial charge in [0.05, 0.1) is 21.3 Å². The fourth-order valence-corrected chi connectivity index (χ4v) is 4.46. The Hall–Kier alpha value is -2.88. The minimum absolute atomic E-state index is 0.245. The molecule has 0 saturated carbocycles. The number of rotatable bonds is 6. The van der Waals surface area contributed by atoms with Crippen LogP contribution in [0, 0.1) is 6.92 Å². The molecule has 4 aromatic rings. The lowest BCUT2D eigenvalue weighted by molar-refractivity contribution is 0.111. The van der Waals surface area contributed by atoms with Crippen LogP contribution in [0.25, 0.3) is 20.8 Å². The van der Waals surface area contributed by atoms with Crippen LogP contribution in [0.4, 0.5) is 17.2 Å². The molecular formula is C24H32N6OS2. The van der Waals surface area contributed by atoms with E-state index in [-0.39, 0.29) is 6.04 Å². The standard InChI is InChI=1S/C20H19N5OS2.C2H7N.C2H6/c1-11(2)23-16-7-19(24-13-4-5-15-18(6-13)27-10-22-15)21-8-14(16)20-25-17(9-26)12(3)28-20;1-3-2;1-2/h4-11H,1-3H3,(H2,21,23,24);3H,1-2H3;1-2H3. The molecule has 0 bridgehead atoms. The summed E-state index contributed by atoms with van der Waals surface area (Å²) >= 11 is 3.11. The molecule has 0 amide bonds. The topological polar surface area (TPSA) is 91.8 Å². The molecule has 0 fully saturated rings. The second-order valence-electron chi connectivity index (χ2n) is 7.15. The molecule has 0 aliphatic carbocycles. The zero-order valence-corrected chi connectivity index (χ0v) is 21.8.